The third kappa shape index (κ3) is 6.02. The molecule has 2 aliphatic rings. The average molecular weight is 315 g/mol. The monoisotopic (exact) mass is 314 g/mol. The second-order valence-electron chi connectivity index (χ2n) is 6.08. The SMILES string of the molecule is CCCN(CCNC1NN=C(N)S1)CC1CCN(C)CC1. The fourth-order valence-corrected chi connectivity index (χ4v) is 3.61. The van der Waals surface area contributed by atoms with Gasteiger partial charge in [0.05, 0.1) is 0 Å². The Kier molecular flexibility index (Phi) is 7.09. The van der Waals surface area contributed by atoms with E-state index in [4.69, 9.17) is 5.73 Å². The maximum atomic E-state index is 5.64. The van der Waals surface area contributed by atoms with Crippen molar-refractivity contribution in [2.24, 2.45) is 16.8 Å². The van der Waals surface area contributed by atoms with E-state index in [1.807, 2.05) is 0 Å². The number of nitrogens with two attached hydrogens (primary N) is 1. The van der Waals surface area contributed by atoms with Crippen LogP contribution in [0.25, 0.3) is 0 Å². The van der Waals surface area contributed by atoms with E-state index in [0.717, 1.165) is 19.0 Å². The molecule has 0 radical (unpaired) electrons. The molecule has 1 fully saturated rings. The summed E-state index contributed by atoms with van der Waals surface area (Å²) in [7, 11) is 2.23. The molecule has 7 heteroatoms. The standard InChI is InChI=1S/C14H30N6S/c1-3-7-20(11-12-4-8-19(2)9-5-12)10-6-16-14-18-17-13(15)21-14/h12,14,16,18H,3-11H2,1-2H3,(H2,15,17). The molecule has 2 aliphatic heterocycles. The molecule has 21 heavy (non-hydrogen) atoms. The van der Waals surface area contributed by atoms with E-state index in [-0.39, 0.29) is 5.50 Å². The summed E-state index contributed by atoms with van der Waals surface area (Å²) in [6.07, 6.45) is 3.90. The van der Waals surface area contributed by atoms with Gasteiger partial charge >= 0.3 is 0 Å². The van der Waals surface area contributed by atoms with E-state index in [0.29, 0.717) is 5.17 Å². The van der Waals surface area contributed by atoms with Gasteiger partial charge in [-0.2, -0.15) is 5.10 Å². The largest absolute Gasteiger partial charge is 0.377 e. The molecule has 0 aromatic heterocycles. The van der Waals surface area contributed by atoms with Gasteiger partial charge in [0, 0.05) is 19.6 Å². The molecule has 4 N–H and O–H groups in total. The molecule has 0 aromatic rings. The Morgan fingerprint density at radius 1 is 1.43 bits per heavy atom. The van der Waals surface area contributed by atoms with Crippen molar-refractivity contribution in [2.75, 3.05) is 46.3 Å². The molecule has 0 saturated carbocycles. The lowest BCUT2D eigenvalue weighted by Gasteiger charge is -2.33. The van der Waals surface area contributed by atoms with Crippen LogP contribution >= 0.6 is 11.8 Å². The molecule has 0 aliphatic carbocycles. The number of thioether (sulfide) groups is 1. The summed E-state index contributed by atoms with van der Waals surface area (Å²) in [5.74, 6) is 0.866. The van der Waals surface area contributed by atoms with Crippen LogP contribution in [-0.4, -0.2) is 66.8 Å². The minimum absolute atomic E-state index is 0.136. The van der Waals surface area contributed by atoms with Crippen molar-refractivity contribution in [2.45, 2.75) is 31.7 Å². The van der Waals surface area contributed by atoms with Crippen molar-refractivity contribution >= 4 is 16.9 Å². The van der Waals surface area contributed by atoms with E-state index in [9.17, 15) is 0 Å². The number of piperidine rings is 1. The quantitative estimate of drug-likeness (QED) is 0.605. The highest BCUT2D eigenvalue weighted by atomic mass is 32.2. The Morgan fingerprint density at radius 2 is 2.19 bits per heavy atom. The molecular weight excluding hydrogens is 284 g/mol. The summed E-state index contributed by atoms with van der Waals surface area (Å²) in [6.45, 7) is 9.27. The van der Waals surface area contributed by atoms with Crippen LogP contribution in [0.15, 0.2) is 5.10 Å². The molecule has 6 nitrogen and oxygen atoms in total. The first-order valence-electron chi connectivity index (χ1n) is 8.07. The number of hydrazone groups is 1. The average Bonchev–Trinajstić information content (AvgIpc) is 2.87. The van der Waals surface area contributed by atoms with Gasteiger partial charge in [0.1, 0.15) is 5.50 Å². The molecule has 1 unspecified atom stereocenters. The first kappa shape index (κ1) is 16.9. The molecule has 0 bridgehead atoms. The number of amidine groups is 1. The van der Waals surface area contributed by atoms with Crippen LogP contribution in [-0.2, 0) is 0 Å². The normalized spacial score (nSPS) is 24.3. The lowest BCUT2D eigenvalue weighted by molar-refractivity contribution is 0.160. The van der Waals surface area contributed by atoms with Crippen molar-refractivity contribution in [3.05, 3.63) is 0 Å². The third-order valence-electron chi connectivity index (χ3n) is 4.18. The highest BCUT2D eigenvalue weighted by Gasteiger charge is 2.20. The van der Waals surface area contributed by atoms with Gasteiger partial charge in [-0.25, -0.2) is 0 Å². The van der Waals surface area contributed by atoms with Gasteiger partial charge in [0.25, 0.3) is 0 Å². The van der Waals surface area contributed by atoms with Gasteiger partial charge in [-0.15, -0.1) is 0 Å². The number of nitrogens with zero attached hydrogens (tertiary/aromatic N) is 3. The lowest BCUT2D eigenvalue weighted by atomic mass is 9.96. The van der Waals surface area contributed by atoms with Gasteiger partial charge < -0.3 is 15.5 Å². The molecule has 1 atom stereocenters. The number of hydrogen-bond acceptors (Lipinski definition) is 7. The van der Waals surface area contributed by atoms with Crippen LogP contribution < -0.4 is 16.5 Å². The number of hydrogen-bond donors (Lipinski definition) is 3. The predicted octanol–water partition coefficient (Wildman–Crippen LogP) is 0.480. The van der Waals surface area contributed by atoms with Gasteiger partial charge in [-0.05, 0) is 63.6 Å². The van der Waals surface area contributed by atoms with E-state index in [1.54, 1.807) is 11.8 Å². The van der Waals surface area contributed by atoms with E-state index >= 15 is 0 Å². The maximum Gasteiger partial charge on any atom is 0.181 e. The zero-order valence-corrected chi connectivity index (χ0v) is 14.2. The first-order chi connectivity index (χ1) is 10.2. The number of likely N-dealkylation sites (tertiary alicyclic amines) is 1. The topological polar surface area (TPSA) is 68.9 Å². The summed E-state index contributed by atoms with van der Waals surface area (Å²) in [4.78, 5) is 5.04. The van der Waals surface area contributed by atoms with Crippen LogP contribution in [0, 0.1) is 5.92 Å². The van der Waals surface area contributed by atoms with Crippen LogP contribution in [0.5, 0.6) is 0 Å². The minimum Gasteiger partial charge on any atom is -0.377 e. The lowest BCUT2D eigenvalue weighted by Crippen LogP contribution is -2.42. The van der Waals surface area contributed by atoms with E-state index in [2.05, 4.69) is 39.6 Å². The summed E-state index contributed by atoms with van der Waals surface area (Å²) in [5, 5.41) is 8.05. The van der Waals surface area contributed by atoms with Crippen molar-refractivity contribution in [3.63, 3.8) is 0 Å². The predicted molar refractivity (Wildman–Crippen MR) is 91.1 cm³/mol. The van der Waals surface area contributed by atoms with Crippen molar-refractivity contribution < 1.29 is 0 Å². The molecule has 0 aromatic carbocycles. The first-order valence-corrected chi connectivity index (χ1v) is 8.95. The zero-order chi connectivity index (χ0) is 15.1. The summed E-state index contributed by atoms with van der Waals surface area (Å²) in [5.41, 5.74) is 8.76. The molecule has 2 rings (SSSR count). The van der Waals surface area contributed by atoms with Gasteiger partial charge in [0.15, 0.2) is 5.17 Å². The summed E-state index contributed by atoms with van der Waals surface area (Å²) in [6, 6.07) is 0. The van der Waals surface area contributed by atoms with E-state index < -0.39 is 0 Å². The Hall–Kier alpha value is -0.500. The smallest absolute Gasteiger partial charge is 0.181 e. The molecule has 0 spiro atoms. The molecule has 2 heterocycles. The Bertz CT molecular complexity index is 329. The molecular formula is C14H30N6S. The van der Waals surface area contributed by atoms with Crippen molar-refractivity contribution in [1.29, 1.82) is 0 Å². The Balaban J connectivity index is 1.64. The van der Waals surface area contributed by atoms with Gasteiger partial charge in [-0.3, -0.25) is 10.7 Å². The van der Waals surface area contributed by atoms with Gasteiger partial charge in [0.2, 0.25) is 0 Å². The van der Waals surface area contributed by atoms with Crippen molar-refractivity contribution in [3.8, 4) is 0 Å². The van der Waals surface area contributed by atoms with Crippen LogP contribution in [0.1, 0.15) is 26.2 Å². The number of rotatable bonds is 8. The van der Waals surface area contributed by atoms with Crippen LogP contribution in [0.4, 0.5) is 0 Å². The minimum atomic E-state index is 0.136. The molecule has 122 valence electrons. The fourth-order valence-electron chi connectivity index (χ4n) is 2.96. The fraction of sp³-hybridized carbons (Fsp3) is 0.929. The van der Waals surface area contributed by atoms with E-state index in [1.165, 1.54) is 45.4 Å². The second kappa shape index (κ2) is 8.82. The van der Waals surface area contributed by atoms with Crippen molar-refractivity contribution in [1.82, 2.24) is 20.5 Å². The number of nitrogens with one attached hydrogen (secondary N) is 2. The Morgan fingerprint density at radius 3 is 2.81 bits per heavy atom. The maximum absolute atomic E-state index is 5.64. The van der Waals surface area contributed by atoms with Crippen LogP contribution in [0.3, 0.4) is 0 Å². The highest BCUT2D eigenvalue weighted by Crippen LogP contribution is 2.17. The Labute approximate surface area is 132 Å². The second-order valence-corrected chi connectivity index (χ2v) is 7.20. The van der Waals surface area contributed by atoms with Gasteiger partial charge in [-0.1, -0.05) is 6.92 Å². The molecule has 0 amide bonds. The van der Waals surface area contributed by atoms with Crippen LogP contribution in [0.2, 0.25) is 0 Å². The highest BCUT2D eigenvalue weighted by molar-refractivity contribution is 8.14. The molecule has 1 saturated heterocycles. The zero-order valence-electron chi connectivity index (χ0n) is 13.3. The summed E-state index contributed by atoms with van der Waals surface area (Å²) < 4.78 is 0. The summed E-state index contributed by atoms with van der Waals surface area (Å²) >= 11 is 1.55. The third-order valence-corrected chi connectivity index (χ3v) is 5.02.